The van der Waals surface area contributed by atoms with Crippen LogP contribution in [0.3, 0.4) is 0 Å². The highest BCUT2D eigenvalue weighted by molar-refractivity contribution is 5.82. The van der Waals surface area contributed by atoms with Gasteiger partial charge >= 0.3 is 0 Å². The molecule has 2 heterocycles. The van der Waals surface area contributed by atoms with Crippen LogP contribution >= 0.6 is 0 Å². The molecule has 4 rings (SSSR count). The number of fused-ring (bicyclic) bond motifs is 1. The fourth-order valence-electron chi connectivity index (χ4n) is 3.79. The number of ether oxygens (including phenoxy) is 4. The molecule has 0 amide bonds. The maximum atomic E-state index is 13.6. The average Bonchev–Trinajstić information content (AvgIpc) is 2.78. The van der Waals surface area contributed by atoms with E-state index < -0.39 is 0 Å². The van der Waals surface area contributed by atoms with E-state index in [0.29, 0.717) is 31.2 Å². The molecule has 1 aromatic heterocycles. The molecule has 6 nitrogen and oxygen atoms in total. The Morgan fingerprint density at radius 1 is 1.00 bits per heavy atom. The number of benzene rings is 2. The van der Waals surface area contributed by atoms with Crippen molar-refractivity contribution in [1.29, 1.82) is 0 Å². The molecule has 158 valence electrons. The summed E-state index contributed by atoms with van der Waals surface area (Å²) in [4.78, 5) is 6.84. The molecule has 1 aliphatic rings. The van der Waals surface area contributed by atoms with Gasteiger partial charge in [0.25, 0.3) is 0 Å². The van der Waals surface area contributed by atoms with Crippen molar-refractivity contribution in [2.45, 2.75) is 12.6 Å². The van der Waals surface area contributed by atoms with Gasteiger partial charge in [0, 0.05) is 42.8 Å². The first kappa shape index (κ1) is 20.4. The lowest BCUT2D eigenvalue weighted by atomic mass is 10.1. The van der Waals surface area contributed by atoms with Gasteiger partial charge in [-0.3, -0.25) is 9.88 Å². The number of nitrogens with zero attached hydrogens (tertiary/aromatic N) is 2. The summed E-state index contributed by atoms with van der Waals surface area (Å²) >= 11 is 0. The maximum absolute atomic E-state index is 13.6. The molecule has 0 bridgehead atoms. The van der Waals surface area contributed by atoms with Crippen LogP contribution in [0.15, 0.2) is 42.6 Å². The zero-order chi connectivity index (χ0) is 21.1. The minimum Gasteiger partial charge on any atom is -0.496 e. The summed E-state index contributed by atoms with van der Waals surface area (Å²) < 4.78 is 36.0. The van der Waals surface area contributed by atoms with Crippen LogP contribution in [0.5, 0.6) is 17.2 Å². The zero-order valence-corrected chi connectivity index (χ0v) is 17.4. The quantitative estimate of drug-likeness (QED) is 0.611. The number of morpholine rings is 1. The van der Waals surface area contributed by atoms with E-state index in [9.17, 15) is 4.39 Å². The molecule has 0 saturated carbocycles. The van der Waals surface area contributed by atoms with Crippen LogP contribution in [0.2, 0.25) is 0 Å². The Balaban J connectivity index is 1.55. The SMILES string of the molecule is COc1cc(OC)c(OC)cc1CN1CCO[C@H](c2cc3cc(F)ccc3cn2)C1. The summed E-state index contributed by atoms with van der Waals surface area (Å²) in [5.74, 6) is 1.78. The first-order valence-corrected chi connectivity index (χ1v) is 9.79. The minimum absolute atomic E-state index is 0.183. The van der Waals surface area contributed by atoms with E-state index in [0.717, 1.165) is 34.3 Å². The van der Waals surface area contributed by atoms with Crippen LogP contribution < -0.4 is 14.2 Å². The second-order valence-electron chi connectivity index (χ2n) is 7.21. The summed E-state index contributed by atoms with van der Waals surface area (Å²) in [6.07, 6.45) is 1.58. The standard InChI is InChI=1S/C23H25FN2O4/c1-27-20-11-22(29-3)21(28-2)10-17(20)13-26-6-7-30-23(14-26)19-9-16-8-18(24)5-4-15(16)12-25-19/h4-5,8-12,23H,6-7,13-14H2,1-3H3/t23-/m0/s1. The summed E-state index contributed by atoms with van der Waals surface area (Å²) in [7, 11) is 4.87. The molecule has 1 aliphatic heterocycles. The molecule has 3 aromatic rings. The van der Waals surface area contributed by atoms with Gasteiger partial charge in [0.05, 0.1) is 33.6 Å². The lowest BCUT2D eigenvalue weighted by Crippen LogP contribution is -2.38. The molecule has 30 heavy (non-hydrogen) atoms. The van der Waals surface area contributed by atoms with Gasteiger partial charge in [-0.15, -0.1) is 0 Å². The highest BCUT2D eigenvalue weighted by Gasteiger charge is 2.25. The van der Waals surface area contributed by atoms with Gasteiger partial charge < -0.3 is 18.9 Å². The zero-order valence-electron chi connectivity index (χ0n) is 17.4. The topological polar surface area (TPSA) is 53.0 Å². The molecule has 0 radical (unpaired) electrons. The van der Waals surface area contributed by atoms with Crippen molar-refractivity contribution in [3.05, 3.63) is 59.7 Å². The fourth-order valence-corrected chi connectivity index (χ4v) is 3.79. The number of hydrogen-bond acceptors (Lipinski definition) is 6. The van der Waals surface area contributed by atoms with Crippen molar-refractivity contribution in [2.24, 2.45) is 0 Å². The van der Waals surface area contributed by atoms with Crippen LogP contribution in [0, 0.1) is 5.82 Å². The van der Waals surface area contributed by atoms with Gasteiger partial charge in [-0.1, -0.05) is 0 Å². The first-order valence-electron chi connectivity index (χ1n) is 9.79. The predicted octanol–water partition coefficient (Wildman–Crippen LogP) is 3.97. The van der Waals surface area contributed by atoms with Crippen molar-refractivity contribution in [3.63, 3.8) is 0 Å². The maximum Gasteiger partial charge on any atom is 0.164 e. The van der Waals surface area contributed by atoms with Crippen LogP contribution in [0.4, 0.5) is 4.39 Å². The third-order valence-electron chi connectivity index (χ3n) is 5.37. The fraction of sp³-hybridized carbons (Fsp3) is 0.348. The van der Waals surface area contributed by atoms with Gasteiger partial charge in [-0.2, -0.15) is 0 Å². The van der Waals surface area contributed by atoms with E-state index >= 15 is 0 Å². The minimum atomic E-state index is -0.258. The molecular formula is C23H25FN2O4. The summed E-state index contributed by atoms with van der Waals surface area (Å²) in [6.45, 7) is 2.72. The molecule has 0 N–H and O–H groups in total. The van der Waals surface area contributed by atoms with Crippen molar-refractivity contribution >= 4 is 10.8 Å². The summed E-state index contributed by atoms with van der Waals surface area (Å²) in [5.41, 5.74) is 1.81. The molecule has 0 aliphatic carbocycles. The number of hydrogen-bond donors (Lipinski definition) is 0. The Kier molecular flexibility index (Phi) is 6.01. The monoisotopic (exact) mass is 412 g/mol. The van der Waals surface area contributed by atoms with E-state index in [1.807, 2.05) is 18.2 Å². The van der Waals surface area contributed by atoms with E-state index in [-0.39, 0.29) is 11.9 Å². The lowest BCUT2D eigenvalue weighted by Gasteiger charge is -2.33. The van der Waals surface area contributed by atoms with Gasteiger partial charge in [0.15, 0.2) is 11.5 Å². The number of halogens is 1. The normalized spacial score (nSPS) is 17.1. The number of rotatable bonds is 6. The van der Waals surface area contributed by atoms with Crippen LogP contribution in [0.1, 0.15) is 17.4 Å². The van der Waals surface area contributed by atoms with E-state index in [1.165, 1.54) is 12.1 Å². The number of methoxy groups -OCH3 is 3. The van der Waals surface area contributed by atoms with Crippen molar-refractivity contribution < 1.29 is 23.3 Å². The Morgan fingerprint density at radius 3 is 2.53 bits per heavy atom. The van der Waals surface area contributed by atoms with Gasteiger partial charge in [0.2, 0.25) is 0 Å². The molecule has 7 heteroatoms. The lowest BCUT2D eigenvalue weighted by molar-refractivity contribution is -0.0351. The average molecular weight is 412 g/mol. The highest BCUT2D eigenvalue weighted by atomic mass is 19.1. The van der Waals surface area contributed by atoms with E-state index in [1.54, 1.807) is 33.6 Å². The van der Waals surface area contributed by atoms with Crippen molar-refractivity contribution in [2.75, 3.05) is 41.0 Å². The van der Waals surface area contributed by atoms with Crippen LogP contribution in [-0.4, -0.2) is 50.9 Å². The first-order chi connectivity index (χ1) is 14.6. The second kappa shape index (κ2) is 8.85. The van der Waals surface area contributed by atoms with Crippen LogP contribution in [0.25, 0.3) is 10.8 Å². The Labute approximate surface area is 175 Å². The van der Waals surface area contributed by atoms with Crippen molar-refractivity contribution in [3.8, 4) is 17.2 Å². The molecule has 1 atom stereocenters. The van der Waals surface area contributed by atoms with Crippen LogP contribution in [-0.2, 0) is 11.3 Å². The molecular weight excluding hydrogens is 387 g/mol. The smallest absolute Gasteiger partial charge is 0.164 e. The Bertz CT molecular complexity index is 1040. The van der Waals surface area contributed by atoms with E-state index in [2.05, 4.69) is 9.88 Å². The number of pyridine rings is 1. The summed E-state index contributed by atoms with van der Waals surface area (Å²) in [6, 6.07) is 10.4. The third kappa shape index (κ3) is 4.17. The second-order valence-corrected chi connectivity index (χ2v) is 7.21. The van der Waals surface area contributed by atoms with Gasteiger partial charge in [-0.25, -0.2) is 4.39 Å². The Morgan fingerprint density at radius 2 is 1.77 bits per heavy atom. The molecule has 1 saturated heterocycles. The summed E-state index contributed by atoms with van der Waals surface area (Å²) in [5, 5.41) is 1.73. The van der Waals surface area contributed by atoms with E-state index in [4.69, 9.17) is 18.9 Å². The predicted molar refractivity (Wildman–Crippen MR) is 112 cm³/mol. The molecule has 0 unspecified atom stereocenters. The molecule has 0 spiro atoms. The van der Waals surface area contributed by atoms with Crippen molar-refractivity contribution in [1.82, 2.24) is 9.88 Å². The largest absolute Gasteiger partial charge is 0.496 e. The van der Waals surface area contributed by atoms with Gasteiger partial charge in [0.1, 0.15) is 17.7 Å². The molecule has 2 aromatic carbocycles. The highest BCUT2D eigenvalue weighted by Crippen LogP contribution is 2.36. The molecule has 1 fully saturated rings. The third-order valence-corrected chi connectivity index (χ3v) is 5.37. The Hall–Kier alpha value is -2.90. The number of aromatic nitrogens is 1. The van der Waals surface area contributed by atoms with Gasteiger partial charge in [-0.05, 0) is 35.7 Å².